The van der Waals surface area contributed by atoms with Gasteiger partial charge in [-0.1, -0.05) is 18.2 Å². The normalized spacial score (nSPS) is 16.4. The van der Waals surface area contributed by atoms with Gasteiger partial charge in [0, 0.05) is 5.69 Å². The van der Waals surface area contributed by atoms with E-state index >= 15 is 0 Å². The highest BCUT2D eigenvalue weighted by Gasteiger charge is 2.41. The monoisotopic (exact) mass is 249 g/mol. The van der Waals surface area contributed by atoms with Crippen molar-refractivity contribution < 1.29 is 14.3 Å². The molecule has 0 atom stereocenters. The lowest BCUT2D eigenvalue weighted by Gasteiger charge is -2.41. The second kappa shape index (κ2) is 5.05. The first-order valence-corrected chi connectivity index (χ1v) is 5.60. The Labute approximate surface area is 104 Å². The number of hydrogen-bond donors (Lipinski definition) is 3. The molecular weight excluding hydrogens is 234 g/mol. The van der Waals surface area contributed by atoms with E-state index < -0.39 is 11.4 Å². The molecule has 0 aliphatic carbocycles. The Kier molecular flexibility index (Phi) is 3.47. The lowest BCUT2D eigenvalue weighted by molar-refractivity contribution is -0.127. The largest absolute Gasteiger partial charge is 0.376 e. The number of carbonyl (C=O) groups excluding carboxylic acids is 2. The summed E-state index contributed by atoms with van der Waals surface area (Å²) in [6.45, 7) is 0.607. The van der Waals surface area contributed by atoms with Gasteiger partial charge < -0.3 is 21.1 Å². The fraction of sp³-hybridized carbons (Fsp3) is 0.333. The summed E-state index contributed by atoms with van der Waals surface area (Å²) in [4.78, 5) is 22.7. The van der Waals surface area contributed by atoms with E-state index in [1.165, 1.54) is 0 Å². The Bertz CT molecular complexity index is 443. The molecule has 0 bridgehead atoms. The standard InChI is InChI=1S/C12H15N3O3/c13-10(16)6-12(7-18-8-12)15-11(17)14-9-4-2-1-3-5-9/h1-5H,6-8H2,(H2,13,16)(H2,14,15,17). The molecule has 0 spiro atoms. The number of primary amides is 1. The Hall–Kier alpha value is -2.08. The van der Waals surface area contributed by atoms with Gasteiger partial charge in [-0.3, -0.25) is 4.79 Å². The van der Waals surface area contributed by atoms with Crippen LogP contribution in [-0.4, -0.2) is 30.7 Å². The third-order valence-electron chi connectivity index (χ3n) is 2.68. The molecule has 0 radical (unpaired) electrons. The summed E-state index contributed by atoms with van der Waals surface area (Å²) in [6.07, 6.45) is 0.0786. The molecule has 1 aliphatic rings. The minimum Gasteiger partial charge on any atom is -0.376 e. The molecule has 3 amide bonds. The van der Waals surface area contributed by atoms with Crippen LogP contribution in [0.3, 0.4) is 0 Å². The van der Waals surface area contributed by atoms with E-state index in [9.17, 15) is 9.59 Å². The summed E-state index contributed by atoms with van der Waals surface area (Å²) < 4.78 is 5.04. The molecule has 6 heteroatoms. The first kappa shape index (κ1) is 12.4. The number of nitrogens with two attached hydrogens (primary N) is 1. The second-order valence-electron chi connectivity index (χ2n) is 4.36. The molecule has 1 aromatic rings. The van der Waals surface area contributed by atoms with Crippen LogP contribution in [0.25, 0.3) is 0 Å². The van der Waals surface area contributed by atoms with Gasteiger partial charge in [-0.15, -0.1) is 0 Å². The van der Waals surface area contributed by atoms with E-state index in [4.69, 9.17) is 10.5 Å². The Morgan fingerprint density at radius 2 is 1.94 bits per heavy atom. The van der Waals surface area contributed by atoms with Crippen LogP contribution >= 0.6 is 0 Å². The number of para-hydroxylation sites is 1. The summed E-state index contributed by atoms with van der Waals surface area (Å²) in [5, 5.41) is 5.42. The quantitative estimate of drug-likeness (QED) is 0.723. The Morgan fingerprint density at radius 3 is 2.44 bits per heavy atom. The number of benzene rings is 1. The van der Waals surface area contributed by atoms with Crippen LogP contribution in [0.1, 0.15) is 6.42 Å². The molecule has 1 heterocycles. The molecule has 18 heavy (non-hydrogen) atoms. The zero-order valence-corrected chi connectivity index (χ0v) is 9.81. The van der Waals surface area contributed by atoms with Crippen molar-refractivity contribution in [3.63, 3.8) is 0 Å². The molecule has 1 saturated heterocycles. The summed E-state index contributed by atoms with van der Waals surface area (Å²) in [5.41, 5.74) is 5.17. The predicted molar refractivity (Wildman–Crippen MR) is 66.0 cm³/mol. The number of urea groups is 1. The van der Waals surface area contributed by atoms with Gasteiger partial charge in [0.1, 0.15) is 0 Å². The van der Waals surface area contributed by atoms with E-state index in [1.807, 2.05) is 18.2 Å². The van der Waals surface area contributed by atoms with E-state index in [0.717, 1.165) is 0 Å². The fourth-order valence-corrected chi connectivity index (χ4v) is 1.83. The summed E-state index contributed by atoms with van der Waals surface area (Å²) in [7, 11) is 0. The molecule has 4 N–H and O–H groups in total. The average Bonchev–Trinajstić information content (AvgIpc) is 2.26. The molecule has 0 saturated carbocycles. The lowest BCUT2D eigenvalue weighted by atomic mass is 9.93. The third-order valence-corrected chi connectivity index (χ3v) is 2.68. The number of anilines is 1. The van der Waals surface area contributed by atoms with Crippen LogP contribution < -0.4 is 16.4 Å². The number of ether oxygens (including phenoxy) is 1. The van der Waals surface area contributed by atoms with Crippen molar-refractivity contribution in [2.45, 2.75) is 12.0 Å². The van der Waals surface area contributed by atoms with Gasteiger partial charge in [0.2, 0.25) is 5.91 Å². The maximum Gasteiger partial charge on any atom is 0.319 e. The van der Waals surface area contributed by atoms with Gasteiger partial charge in [-0.2, -0.15) is 0 Å². The van der Waals surface area contributed by atoms with Crippen molar-refractivity contribution in [1.82, 2.24) is 5.32 Å². The molecule has 96 valence electrons. The van der Waals surface area contributed by atoms with Gasteiger partial charge in [-0.05, 0) is 12.1 Å². The van der Waals surface area contributed by atoms with Crippen LogP contribution in [0.2, 0.25) is 0 Å². The number of hydrogen-bond acceptors (Lipinski definition) is 3. The molecule has 6 nitrogen and oxygen atoms in total. The van der Waals surface area contributed by atoms with Crippen molar-refractivity contribution in [1.29, 1.82) is 0 Å². The molecule has 1 aliphatic heterocycles. The zero-order valence-electron chi connectivity index (χ0n) is 9.81. The highest BCUT2D eigenvalue weighted by molar-refractivity contribution is 5.90. The van der Waals surface area contributed by atoms with Gasteiger partial charge in [0.15, 0.2) is 0 Å². The van der Waals surface area contributed by atoms with E-state index in [-0.39, 0.29) is 12.5 Å². The van der Waals surface area contributed by atoms with Crippen LogP contribution in [0.5, 0.6) is 0 Å². The molecule has 0 aromatic heterocycles. The molecule has 1 fully saturated rings. The first-order chi connectivity index (χ1) is 8.60. The van der Waals surface area contributed by atoms with Gasteiger partial charge in [0.05, 0.1) is 25.2 Å². The van der Waals surface area contributed by atoms with Crippen molar-refractivity contribution in [2.75, 3.05) is 18.5 Å². The number of nitrogens with one attached hydrogen (secondary N) is 2. The number of amides is 3. The topological polar surface area (TPSA) is 93.5 Å². The average molecular weight is 249 g/mol. The van der Waals surface area contributed by atoms with Gasteiger partial charge in [0.25, 0.3) is 0 Å². The highest BCUT2D eigenvalue weighted by Crippen LogP contribution is 2.21. The number of carbonyl (C=O) groups is 2. The van der Waals surface area contributed by atoms with Gasteiger partial charge in [-0.25, -0.2) is 4.79 Å². The summed E-state index contributed by atoms with van der Waals surface area (Å²) in [5.74, 6) is -0.460. The Morgan fingerprint density at radius 1 is 1.28 bits per heavy atom. The van der Waals surface area contributed by atoms with Crippen molar-refractivity contribution >= 4 is 17.6 Å². The summed E-state index contributed by atoms with van der Waals surface area (Å²) >= 11 is 0. The van der Waals surface area contributed by atoms with Crippen molar-refractivity contribution in [3.8, 4) is 0 Å². The van der Waals surface area contributed by atoms with Crippen LogP contribution in [-0.2, 0) is 9.53 Å². The lowest BCUT2D eigenvalue weighted by Crippen LogP contribution is -2.64. The maximum absolute atomic E-state index is 11.8. The minimum absolute atomic E-state index is 0.0786. The van der Waals surface area contributed by atoms with Crippen LogP contribution in [0, 0.1) is 0 Å². The minimum atomic E-state index is -0.662. The van der Waals surface area contributed by atoms with Crippen LogP contribution in [0.15, 0.2) is 30.3 Å². The van der Waals surface area contributed by atoms with E-state index in [0.29, 0.717) is 18.9 Å². The fourth-order valence-electron chi connectivity index (χ4n) is 1.83. The van der Waals surface area contributed by atoms with Crippen molar-refractivity contribution in [3.05, 3.63) is 30.3 Å². The maximum atomic E-state index is 11.8. The highest BCUT2D eigenvalue weighted by atomic mass is 16.5. The van der Waals surface area contributed by atoms with E-state index in [2.05, 4.69) is 10.6 Å². The smallest absolute Gasteiger partial charge is 0.319 e. The van der Waals surface area contributed by atoms with Crippen molar-refractivity contribution in [2.24, 2.45) is 5.73 Å². The number of rotatable bonds is 4. The third kappa shape index (κ3) is 2.98. The predicted octanol–water partition coefficient (Wildman–Crippen LogP) is 0.452. The second-order valence-corrected chi connectivity index (χ2v) is 4.36. The van der Waals surface area contributed by atoms with Crippen LogP contribution in [0.4, 0.5) is 10.5 Å². The SMILES string of the molecule is NC(=O)CC1(NC(=O)Nc2ccccc2)COC1. The first-order valence-electron chi connectivity index (χ1n) is 5.60. The van der Waals surface area contributed by atoms with E-state index in [1.54, 1.807) is 12.1 Å². The molecule has 1 aromatic carbocycles. The zero-order chi connectivity index (χ0) is 13.0. The summed E-state index contributed by atoms with van der Waals surface area (Å²) in [6, 6.07) is 8.68. The molecular formula is C12H15N3O3. The molecule has 2 rings (SSSR count). The Balaban J connectivity index is 1.92. The van der Waals surface area contributed by atoms with Gasteiger partial charge >= 0.3 is 6.03 Å². The molecule has 0 unspecified atom stereocenters.